The van der Waals surface area contributed by atoms with Crippen LogP contribution in [0.15, 0.2) is 30.3 Å². The Morgan fingerprint density at radius 3 is 2.60 bits per heavy atom. The molecule has 0 N–H and O–H groups in total. The van der Waals surface area contributed by atoms with E-state index >= 15 is 0 Å². The SMILES string of the molecule is O=C(CCCC1CCCCC1)COCc1ccccc1. The van der Waals surface area contributed by atoms with Crippen molar-refractivity contribution >= 4 is 5.78 Å². The minimum atomic E-state index is 0.247. The van der Waals surface area contributed by atoms with Gasteiger partial charge in [0.2, 0.25) is 0 Å². The summed E-state index contributed by atoms with van der Waals surface area (Å²) < 4.78 is 5.47. The molecule has 0 saturated heterocycles. The Morgan fingerprint density at radius 2 is 1.85 bits per heavy atom. The predicted octanol–water partition coefficient (Wildman–Crippen LogP) is 4.52. The van der Waals surface area contributed by atoms with Crippen LogP contribution in [0.3, 0.4) is 0 Å². The van der Waals surface area contributed by atoms with E-state index in [9.17, 15) is 4.79 Å². The van der Waals surface area contributed by atoms with Gasteiger partial charge in [0, 0.05) is 6.42 Å². The molecule has 0 heterocycles. The van der Waals surface area contributed by atoms with Crippen LogP contribution in [0.25, 0.3) is 0 Å². The van der Waals surface area contributed by atoms with Crippen molar-refractivity contribution in [2.75, 3.05) is 6.61 Å². The molecule has 0 atom stereocenters. The molecule has 20 heavy (non-hydrogen) atoms. The van der Waals surface area contributed by atoms with Crippen LogP contribution in [0.5, 0.6) is 0 Å². The van der Waals surface area contributed by atoms with E-state index < -0.39 is 0 Å². The number of Topliss-reactive ketones (excluding diaryl/α,β-unsaturated/α-hetero) is 1. The Bertz CT molecular complexity index is 380. The van der Waals surface area contributed by atoms with Crippen molar-refractivity contribution in [1.29, 1.82) is 0 Å². The van der Waals surface area contributed by atoms with Crippen LogP contribution in [0.1, 0.15) is 56.9 Å². The molecule has 0 bridgehead atoms. The molecule has 1 saturated carbocycles. The molecule has 1 aliphatic carbocycles. The molecule has 0 radical (unpaired) electrons. The molecular formula is C18H26O2. The largest absolute Gasteiger partial charge is 0.369 e. The number of ether oxygens (including phenoxy) is 1. The van der Waals surface area contributed by atoms with Gasteiger partial charge in [0.05, 0.1) is 6.61 Å². The standard InChI is InChI=1S/C18H26O2/c19-18(13-7-12-16-8-3-1-4-9-16)15-20-14-17-10-5-2-6-11-17/h2,5-6,10-11,16H,1,3-4,7-9,12-15H2. The smallest absolute Gasteiger partial charge is 0.158 e. The first-order valence-electron chi connectivity index (χ1n) is 7.98. The van der Waals surface area contributed by atoms with Gasteiger partial charge in [0.1, 0.15) is 6.61 Å². The van der Waals surface area contributed by atoms with Gasteiger partial charge >= 0.3 is 0 Å². The number of carbonyl (C=O) groups excluding carboxylic acids is 1. The maximum Gasteiger partial charge on any atom is 0.158 e. The maximum atomic E-state index is 11.7. The summed E-state index contributed by atoms with van der Waals surface area (Å²) >= 11 is 0. The summed E-state index contributed by atoms with van der Waals surface area (Å²) in [5.41, 5.74) is 1.13. The highest BCUT2D eigenvalue weighted by atomic mass is 16.5. The molecule has 0 spiro atoms. The van der Waals surface area contributed by atoms with Crippen LogP contribution in [0.4, 0.5) is 0 Å². The summed E-state index contributed by atoms with van der Waals surface area (Å²) in [6.07, 6.45) is 9.88. The third kappa shape index (κ3) is 5.87. The predicted molar refractivity (Wildman–Crippen MR) is 81.5 cm³/mol. The van der Waals surface area contributed by atoms with Gasteiger partial charge < -0.3 is 4.74 Å². The number of ketones is 1. The van der Waals surface area contributed by atoms with E-state index in [2.05, 4.69) is 0 Å². The Labute approximate surface area is 122 Å². The molecule has 110 valence electrons. The van der Waals surface area contributed by atoms with E-state index in [1.807, 2.05) is 30.3 Å². The Hall–Kier alpha value is -1.15. The van der Waals surface area contributed by atoms with Crippen LogP contribution in [0.2, 0.25) is 0 Å². The number of hydrogen-bond acceptors (Lipinski definition) is 2. The van der Waals surface area contributed by atoms with Gasteiger partial charge in [0.25, 0.3) is 0 Å². The summed E-state index contributed by atoms with van der Waals surface area (Å²) in [5, 5.41) is 0. The van der Waals surface area contributed by atoms with Gasteiger partial charge in [0.15, 0.2) is 5.78 Å². The minimum absolute atomic E-state index is 0.247. The zero-order chi connectivity index (χ0) is 14.0. The fourth-order valence-electron chi connectivity index (χ4n) is 2.99. The Balaban J connectivity index is 1.52. The first kappa shape index (κ1) is 15.2. The normalized spacial score (nSPS) is 16.2. The Morgan fingerprint density at radius 1 is 1.10 bits per heavy atom. The van der Waals surface area contributed by atoms with Gasteiger partial charge in [-0.05, 0) is 17.9 Å². The van der Waals surface area contributed by atoms with Crippen molar-refractivity contribution < 1.29 is 9.53 Å². The first-order valence-corrected chi connectivity index (χ1v) is 7.98. The van der Waals surface area contributed by atoms with E-state index in [0.717, 1.165) is 17.9 Å². The Kier molecular flexibility index (Phi) is 6.79. The lowest BCUT2D eigenvalue weighted by Crippen LogP contribution is -2.10. The lowest BCUT2D eigenvalue weighted by molar-refractivity contribution is -0.124. The molecule has 2 nitrogen and oxygen atoms in total. The summed E-state index contributed by atoms with van der Waals surface area (Å²) in [6, 6.07) is 10.0. The van der Waals surface area contributed by atoms with E-state index in [4.69, 9.17) is 4.74 Å². The van der Waals surface area contributed by atoms with E-state index in [1.165, 1.54) is 38.5 Å². The van der Waals surface area contributed by atoms with E-state index in [-0.39, 0.29) is 12.4 Å². The fraction of sp³-hybridized carbons (Fsp3) is 0.611. The average Bonchev–Trinajstić information content (AvgIpc) is 2.49. The highest BCUT2D eigenvalue weighted by molar-refractivity contribution is 5.79. The van der Waals surface area contributed by atoms with Crippen molar-refractivity contribution in [3.05, 3.63) is 35.9 Å². The third-order valence-corrected chi connectivity index (χ3v) is 4.17. The highest BCUT2D eigenvalue weighted by Gasteiger charge is 2.13. The van der Waals surface area contributed by atoms with Crippen LogP contribution in [0, 0.1) is 5.92 Å². The van der Waals surface area contributed by atoms with Crippen molar-refractivity contribution in [3.8, 4) is 0 Å². The van der Waals surface area contributed by atoms with Gasteiger partial charge in [-0.15, -0.1) is 0 Å². The fourth-order valence-corrected chi connectivity index (χ4v) is 2.99. The molecule has 0 amide bonds. The van der Waals surface area contributed by atoms with E-state index in [1.54, 1.807) is 0 Å². The second-order valence-corrected chi connectivity index (χ2v) is 5.91. The van der Waals surface area contributed by atoms with E-state index in [0.29, 0.717) is 13.0 Å². The lowest BCUT2D eigenvalue weighted by Gasteiger charge is -2.21. The zero-order valence-electron chi connectivity index (χ0n) is 12.4. The van der Waals surface area contributed by atoms with Crippen LogP contribution >= 0.6 is 0 Å². The summed E-state index contributed by atoms with van der Waals surface area (Å²) in [7, 11) is 0. The maximum absolute atomic E-state index is 11.7. The van der Waals surface area contributed by atoms with Crippen LogP contribution < -0.4 is 0 Å². The van der Waals surface area contributed by atoms with Gasteiger partial charge in [-0.2, -0.15) is 0 Å². The van der Waals surface area contributed by atoms with Crippen molar-refractivity contribution in [3.63, 3.8) is 0 Å². The number of benzene rings is 1. The second kappa shape index (κ2) is 8.91. The average molecular weight is 274 g/mol. The number of rotatable bonds is 8. The van der Waals surface area contributed by atoms with Crippen LogP contribution in [-0.2, 0) is 16.1 Å². The first-order chi connectivity index (χ1) is 9.84. The lowest BCUT2D eigenvalue weighted by atomic mass is 9.85. The quantitative estimate of drug-likeness (QED) is 0.696. The summed E-state index contributed by atoms with van der Waals surface area (Å²) in [5.74, 6) is 1.12. The van der Waals surface area contributed by atoms with Crippen LogP contribution in [-0.4, -0.2) is 12.4 Å². The molecule has 0 aromatic heterocycles. The highest BCUT2D eigenvalue weighted by Crippen LogP contribution is 2.27. The summed E-state index contributed by atoms with van der Waals surface area (Å²) in [4.78, 5) is 11.7. The molecule has 0 unspecified atom stereocenters. The van der Waals surface area contributed by atoms with Crippen molar-refractivity contribution in [2.45, 2.75) is 58.0 Å². The molecule has 1 fully saturated rings. The molecule has 2 rings (SSSR count). The molecule has 1 aliphatic rings. The molecular weight excluding hydrogens is 248 g/mol. The summed E-state index contributed by atoms with van der Waals surface area (Å²) in [6.45, 7) is 0.800. The third-order valence-electron chi connectivity index (χ3n) is 4.17. The van der Waals surface area contributed by atoms with Gasteiger partial charge in [-0.1, -0.05) is 68.9 Å². The molecule has 2 heteroatoms. The number of carbonyl (C=O) groups is 1. The second-order valence-electron chi connectivity index (χ2n) is 5.91. The molecule has 1 aromatic rings. The number of hydrogen-bond donors (Lipinski definition) is 0. The molecule has 1 aromatic carbocycles. The van der Waals surface area contributed by atoms with Crippen molar-refractivity contribution in [1.82, 2.24) is 0 Å². The van der Waals surface area contributed by atoms with Gasteiger partial charge in [-0.25, -0.2) is 0 Å². The van der Waals surface area contributed by atoms with Gasteiger partial charge in [-0.3, -0.25) is 4.79 Å². The topological polar surface area (TPSA) is 26.3 Å². The zero-order valence-corrected chi connectivity index (χ0v) is 12.4. The monoisotopic (exact) mass is 274 g/mol. The molecule has 0 aliphatic heterocycles. The van der Waals surface area contributed by atoms with Crippen molar-refractivity contribution in [2.24, 2.45) is 5.92 Å². The minimum Gasteiger partial charge on any atom is -0.369 e.